The van der Waals surface area contributed by atoms with E-state index in [9.17, 15) is 0 Å². The molecule has 78 valence electrons. The second-order valence-corrected chi connectivity index (χ2v) is 3.65. The van der Waals surface area contributed by atoms with Crippen LogP contribution in [0.15, 0.2) is 24.3 Å². The molecule has 0 aliphatic heterocycles. The van der Waals surface area contributed by atoms with E-state index in [1.807, 2.05) is 31.2 Å². The van der Waals surface area contributed by atoms with Crippen molar-refractivity contribution in [3.8, 4) is 11.3 Å². The predicted octanol–water partition coefficient (Wildman–Crippen LogP) is 2.32. The van der Waals surface area contributed by atoms with Gasteiger partial charge >= 0.3 is 0 Å². The number of aromatic amines is 1. The van der Waals surface area contributed by atoms with Gasteiger partial charge in [0, 0.05) is 16.3 Å². The van der Waals surface area contributed by atoms with E-state index in [-0.39, 0.29) is 0 Å². The lowest BCUT2D eigenvalue weighted by molar-refractivity contribution is 1.18. The lowest BCUT2D eigenvalue weighted by atomic mass is 10.1. The van der Waals surface area contributed by atoms with Crippen molar-refractivity contribution in [2.75, 3.05) is 5.43 Å². The number of hydrazine groups is 1. The van der Waals surface area contributed by atoms with E-state index in [4.69, 9.17) is 17.4 Å². The minimum Gasteiger partial charge on any atom is -0.327 e. The van der Waals surface area contributed by atoms with Gasteiger partial charge in [0.25, 0.3) is 0 Å². The van der Waals surface area contributed by atoms with E-state index in [0.717, 1.165) is 17.0 Å². The van der Waals surface area contributed by atoms with Gasteiger partial charge in [-0.3, -0.25) is 5.43 Å². The number of hydrogen-bond donors (Lipinski definition) is 3. The number of nitrogen functional groups attached to an aromatic ring is 1. The summed E-state index contributed by atoms with van der Waals surface area (Å²) >= 11 is 5.81. The van der Waals surface area contributed by atoms with Gasteiger partial charge in [-0.2, -0.15) is 0 Å². The fourth-order valence-corrected chi connectivity index (χ4v) is 1.54. The summed E-state index contributed by atoms with van der Waals surface area (Å²) in [5, 5.41) is 0.712. The van der Waals surface area contributed by atoms with Crippen LogP contribution in [0.25, 0.3) is 11.3 Å². The third kappa shape index (κ3) is 1.95. The molecule has 0 spiro atoms. The zero-order chi connectivity index (χ0) is 10.8. The van der Waals surface area contributed by atoms with Gasteiger partial charge in [0.2, 0.25) is 5.95 Å². The first kappa shape index (κ1) is 10.0. The second kappa shape index (κ2) is 3.92. The lowest BCUT2D eigenvalue weighted by Crippen LogP contribution is -2.07. The van der Waals surface area contributed by atoms with Gasteiger partial charge < -0.3 is 4.98 Å². The number of benzene rings is 1. The molecule has 4 nitrogen and oxygen atoms in total. The zero-order valence-corrected chi connectivity index (χ0v) is 8.97. The van der Waals surface area contributed by atoms with Crippen molar-refractivity contribution in [2.24, 2.45) is 5.84 Å². The highest BCUT2D eigenvalue weighted by Gasteiger charge is 2.07. The van der Waals surface area contributed by atoms with Gasteiger partial charge in [0.05, 0.1) is 5.69 Å². The summed E-state index contributed by atoms with van der Waals surface area (Å²) in [7, 11) is 0. The molecule has 4 N–H and O–H groups in total. The van der Waals surface area contributed by atoms with Crippen LogP contribution in [-0.2, 0) is 0 Å². The number of aryl methyl sites for hydroxylation is 1. The summed E-state index contributed by atoms with van der Waals surface area (Å²) < 4.78 is 0. The molecule has 2 rings (SSSR count). The smallest absolute Gasteiger partial charge is 0.215 e. The van der Waals surface area contributed by atoms with E-state index in [1.165, 1.54) is 0 Å². The van der Waals surface area contributed by atoms with Crippen LogP contribution in [-0.4, -0.2) is 9.97 Å². The predicted molar refractivity (Wildman–Crippen MR) is 61.6 cm³/mol. The highest BCUT2D eigenvalue weighted by atomic mass is 35.5. The molecule has 15 heavy (non-hydrogen) atoms. The number of nitrogens with zero attached hydrogens (tertiary/aromatic N) is 1. The summed E-state index contributed by atoms with van der Waals surface area (Å²) in [5.41, 5.74) is 5.32. The third-order valence-electron chi connectivity index (χ3n) is 2.14. The molecule has 0 unspecified atom stereocenters. The van der Waals surface area contributed by atoms with Crippen molar-refractivity contribution in [1.29, 1.82) is 0 Å². The Kier molecular flexibility index (Phi) is 2.62. The maximum Gasteiger partial charge on any atom is 0.215 e. The highest BCUT2D eigenvalue weighted by Crippen LogP contribution is 2.23. The molecule has 0 amide bonds. The molecule has 5 heteroatoms. The van der Waals surface area contributed by atoms with E-state index < -0.39 is 0 Å². The van der Waals surface area contributed by atoms with Crippen LogP contribution in [0.5, 0.6) is 0 Å². The quantitative estimate of drug-likeness (QED) is 0.540. The fraction of sp³-hybridized carbons (Fsp3) is 0.100. The summed E-state index contributed by atoms with van der Waals surface area (Å²) in [4.78, 5) is 7.32. The number of halogens is 1. The van der Waals surface area contributed by atoms with Gasteiger partial charge in [0.15, 0.2) is 0 Å². The first-order valence-electron chi connectivity index (χ1n) is 4.50. The molecule has 1 heterocycles. The van der Waals surface area contributed by atoms with Gasteiger partial charge in [-0.05, 0) is 19.1 Å². The Hall–Kier alpha value is -1.52. The largest absolute Gasteiger partial charge is 0.327 e. The number of imidazole rings is 1. The molecular weight excluding hydrogens is 212 g/mol. The Labute approximate surface area is 92.4 Å². The van der Waals surface area contributed by atoms with Gasteiger partial charge in [-0.1, -0.05) is 23.7 Å². The molecule has 0 saturated carbocycles. The number of rotatable bonds is 2. The molecule has 0 fully saturated rings. The Bertz CT molecular complexity index is 461. The number of H-pyrrole nitrogens is 1. The molecular formula is C10H11ClN4. The van der Waals surface area contributed by atoms with Crippen LogP contribution in [0.3, 0.4) is 0 Å². The maximum absolute atomic E-state index is 5.81. The Morgan fingerprint density at radius 1 is 1.33 bits per heavy atom. The monoisotopic (exact) mass is 222 g/mol. The van der Waals surface area contributed by atoms with Crippen molar-refractivity contribution in [1.82, 2.24) is 9.97 Å². The topological polar surface area (TPSA) is 66.7 Å². The summed E-state index contributed by atoms with van der Waals surface area (Å²) in [6.45, 7) is 1.94. The maximum atomic E-state index is 5.81. The number of nitrogens with one attached hydrogen (secondary N) is 2. The minimum absolute atomic E-state index is 0.553. The molecule has 0 saturated heterocycles. The third-order valence-corrected chi connectivity index (χ3v) is 2.39. The van der Waals surface area contributed by atoms with Crippen molar-refractivity contribution in [3.63, 3.8) is 0 Å². The number of anilines is 1. The first-order valence-corrected chi connectivity index (χ1v) is 4.87. The average Bonchev–Trinajstić information content (AvgIpc) is 2.61. The van der Waals surface area contributed by atoms with Crippen molar-refractivity contribution in [3.05, 3.63) is 35.0 Å². The molecule has 0 aliphatic carbocycles. The molecule has 2 aromatic rings. The van der Waals surface area contributed by atoms with E-state index in [2.05, 4.69) is 15.4 Å². The standard InChI is InChI=1S/C10H11ClN4/c1-6-9(14-10(13-6)15-12)7-2-4-8(11)5-3-7/h2-5H,12H2,1H3,(H2,13,14,15). The van der Waals surface area contributed by atoms with Gasteiger partial charge in [-0.25, -0.2) is 10.8 Å². The molecule has 0 bridgehead atoms. The van der Waals surface area contributed by atoms with E-state index >= 15 is 0 Å². The van der Waals surface area contributed by atoms with Gasteiger partial charge in [-0.15, -0.1) is 0 Å². The lowest BCUT2D eigenvalue weighted by Gasteiger charge is -1.97. The summed E-state index contributed by atoms with van der Waals surface area (Å²) in [6.07, 6.45) is 0. The summed E-state index contributed by atoms with van der Waals surface area (Å²) in [6, 6.07) is 7.51. The first-order chi connectivity index (χ1) is 7.20. The van der Waals surface area contributed by atoms with Crippen LogP contribution >= 0.6 is 11.6 Å². The van der Waals surface area contributed by atoms with E-state index in [1.54, 1.807) is 0 Å². The van der Waals surface area contributed by atoms with Crippen molar-refractivity contribution in [2.45, 2.75) is 6.92 Å². The Morgan fingerprint density at radius 3 is 2.53 bits per heavy atom. The minimum atomic E-state index is 0.553. The average molecular weight is 223 g/mol. The van der Waals surface area contributed by atoms with Crippen LogP contribution in [0.4, 0.5) is 5.95 Å². The van der Waals surface area contributed by atoms with Crippen LogP contribution < -0.4 is 11.3 Å². The normalized spacial score (nSPS) is 10.3. The van der Waals surface area contributed by atoms with Crippen LogP contribution in [0.1, 0.15) is 5.69 Å². The SMILES string of the molecule is Cc1[nH]c(NN)nc1-c1ccc(Cl)cc1. The van der Waals surface area contributed by atoms with Crippen molar-refractivity contribution >= 4 is 17.5 Å². The summed E-state index contributed by atoms with van der Waals surface area (Å²) in [5.74, 6) is 5.82. The highest BCUT2D eigenvalue weighted by molar-refractivity contribution is 6.30. The number of aromatic nitrogens is 2. The molecule has 1 aromatic carbocycles. The fourth-order valence-electron chi connectivity index (χ4n) is 1.42. The zero-order valence-electron chi connectivity index (χ0n) is 8.21. The Balaban J connectivity index is 2.44. The second-order valence-electron chi connectivity index (χ2n) is 3.21. The molecule has 0 radical (unpaired) electrons. The van der Waals surface area contributed by atoms with E-state index in [0.29, 0.717) is 11.0 Å². The molecule has 0 atom stereocenters. The molecule has 1 aromatic heterocycles. The van der Waals surface area contributed by atoms with Crippen molar-refractivity contribution < 1.29 is 0 Å². The Morgan fingerprint density at radius 2 is 2.00 bits per heavy atom. The van der Waals surface area contributed by atoms with Gasteiger partial charge in [0.1, 0.15) is 0 Å². The van der Waals surface area contributed by atoms with Crippen LogP contribution in [0.2, 0.25) is 5.02 Å². The van der Waals surface area contributed by atoms with Crippen LogP contribution in [0, 0.1) is 6.92 Å². The number of hydrogen-bond acceptors (Lipinski definition) is 3. The number of nitrogens with two attached hydrogens (primary N) is 1. The molecule has 0 aliphatic rings.